The number of methoxy groups -OCH3 is 1. The maximum absolute atomic E-state index is 12.0. The normalized spacial score (nSPS) is 16.2. The Kier molecular flexibility index (Phi) is 6.50. The number of likely N-dealkylation sites (tertiary alicyclic amines) is 1. The number of hydrogen-bond donors (Lipinski definition) is 2. The smallest absolute Gasteiger partial charge is 0.246 e. The molecule has 0 aliphatic carbocycles. The van der Waals surface area contributed by atoms with Gasteiger partial charge in [-0.3, -0.25) is 4.79 Å². The molecule has 1 fully saturated rings. The third-order valence-electron chi connectivity index (χ3n) is 5.41. The summed E-state index contributed by atoms with van der Waals surface area (Å²) in [6.45, 7) is 5.86. The van der Waals surface area contributed by atoms with Crippen molar-refractivity contribution in [2.75, 3.05) is 44.5 Å². The number of carbonyl (C=O) groups excluding carboxylic acids is 1. The average Bonchev–Trinajstić information content (AvgIpc) is 3.22. The number of ether oxygens (including phenoxy) is 2. The molecule has 3 aromatic rings. The summed E-state index contributed by atoms with van der Waals surface area (Å²) < 4.78 is 12.4. The number of rotatable bonds is 8. The lowest BCUT2D eigenvalue weighted by Crippen LogP contribution is -2.44. The third-order valence-corrected chi connectivity index (χ3v) is 5.41. The van der Waals surface area contributed by atoms with E-state index >= 15 is 0 Å². The fraction of sp³-hybridized carbons (Fsp3) is 0.364. The second-order valence-corrected chi connectivity index (χ2v) is 7.55. The van der Waals surface area contributed by atoms with Crippen LogP contribution in [0.25, 0.3) is 16.6 Å². The van der Waals surface area contributed by atoms with Gasteiger partial charge in [0.1, 0.15) is 24.4 Å². The van der Waals surface area contributed by atoms with Crippen molar-refractivity contribution in [3.05, 3.63) is 43.4 Å². The molecule has 2 aromatic heterocycles. The average molecular weight is 438 g/mol. The van der Waals surface area contributed by atoms with Gasteiger partial charge < -0.3 is 25.4 Å². The quantitative estimate of drug-likeness (QED) is 0.406. The molecule has 0 unspecified atom stereocenters. The summed E-state index contributed by atoms with van der Waals surface area (Å²) in [6.07, 6.45) is 6.32. The minimum Gasteiger partial charge on any atom is -0.491 e. The topological polar surface area (TPSA) is 120 Å². The summed E-state index contributed by atoms with van der Waals surface area (Å²) in [5.74, 6) is 1.54. The zero-order valence-corrected chi connectivity index (χ0v) is 18.0. The van der Waals surface area contributed by atoms with E-state index in [1.807, 2.05) is 18.2 Å². The van der Waals surface area contributed by atoms with Crippen molar-refractivity contribution in [2.24, 2.45) is 0 Å². The van der Waals surface area contributed by atoms with E-state index in [2.05, 4.69) is 27.0 Å². The van der Waals surface area contributed by atoms with Crippen LogP contribution < -0.4 is 15.8 Å². The first kappa shape index (κ1) is 21.6. The molecule has 1 aliphatic rings. The summed E-state index contributed by atoms with van der Waals surface area (Å²) in [6, 6.07) is 5.75. The van der Waals surface area contributed by atoms with Crippen molar-refractivity contribution < 1.29 is 14.3 Å². The molecule has 0 bridgehead atoms. The molecule has 1 atom stereocenters. The molecule has 3 N–H and O–H groups in total. The van der Waals surface area contributed by atoms with Gasteiger partial charge in [-0.1, -0.05) is 6.58 Å². The molecule has 1 saturated heterocycles. The lowest BCUT2D eigenvalue weighted by atomic mass is 10.1. The maximum Gasteiger partial charge on any atom is 0.246 e. The van der Waals surface area contributed by atoms with Crippen LogP contribution in [0.5, 0.6) is 5.75 Å². The molecule has 4 rings (SSSR count). The Morgan fingerprint density at radius 1 is 1.38 bits per heavy atom. The summed E-state index contributed by atoms with van der Waals surface area (Å²) >= 11 is 0. The zero-order valence-electron chi connectivity index (χ0n) is 18.0. The van der Waals surface area contributed by atoms with E-state index in [1.165, 1.54) is 12.4 Å². The van der Waals surface area contributed by atoms with Gasteiger partial charge >= 0.3 is 0 Å². The monoisotopic (exact) mass is 437 g/mol. The number of aromatic nitrogens is 4. The Morgan fingerprint density at radius 3 is 3.06 bits per heavy atom. The molecule has 0 radical (unpaired) electrons. The molecule has 0 saturated carbocycles. The van der Waals surface area contributed by atoms with Crippen LogP contribution in [0.15, 0.2) is 43.4 Å². The van der Waals surface area contributed by atoms with Gasteiger partial charge in [0.05, 0.1) is 18.3 Å². The molecular formula is C22H27N7O3. The van der Waals surface area contributed by atoms with Gasteiger partial charge in [0.25, 0.3) is 0 Å². The predicted octanol–water partition coefficient (Wildman–Crippen LogP) is 2.01. The van der Waals surface area contributed by atoms with Gasteiger partial charge in [-0.05, 0) is 37.1 Å². The zero-order chi connectivity index (χ0) is 22.5. The molecule has 10 heteroatoms. The van der Waals surface area contributed by atoms with Crippen molar-refractivity contribution in [1.82, 2.24) is 24.6 Å². The van der Waals surface area contributed by atoms with Crippen molar-refractivity contribution >= 4 is 28.4 Å². The fourth-order valence-corrected chi connectivity index (χ4v) is 3.85. The number of piperidine rings is 1. The highest BCUT2D eigenvalue weighted by molar-refractivity contribution is 5.87. The molecule has 3 heterocycles. The van der Waals surface area contributed by atoms with Crippen LogP contribution in [0.3, 0.4) is 0 Å². The van der Waals surface area contributed by atoms with Gasteiger partial charge in [-0.25, -0.2) is 14.6 Å². The number of benzene rings is 1. The van der Waals surface area contributed by atoms with Gasteiger partial charge in [0.2, 0.25) is 5.91 Å². The Labute approximate surface area is 186 Å². The van der Waals surface area contributed by atoms with Crippen LogP contribution in [-0.2, 0) is 9.53 Å². The van der Waals surface area contributed by atoms with Crippen molar-refractivity contribution in [1.29, 1.82) is 0 Å². The van der Waals surface area contributed by atoms with Crippen molar-refractivity contribution in [3.63, 3.8) is 0 Å². The van der Waals surface area contributed by atoms with Crippen LogP contribution >= 0.6 is 0 Å². The number of nitrogens with two attached hydrogens (primary N) is 1. The molecule has 10 nitrogen and oxygen atoms in total. The SMILES string of the molecule is C=CC(=O)N1CCC[C@@H](Nc2ncnc(N)c2-n2ncc3cc(OCCOC)ccc32)C1. The molecule has 1 aliphatic heterocycles. The van der Waals surface area contributed by atoms with Crippen LogP contribution in [0.1, 0.15) is 12.8 Å². The van der Waals surface area contributed by atoms with Crippen LogP contribution in [0.2, 0.25) is 0 Å². The van der Waals surface area contributed by atoms with Gasteiger partial charge in [-0.15, -0.1) is 0 Å². The molecule has 1 aromatic carbocycles. The van der Waals surface area contributed by atoms with Crippen molar-refractivity contribution in [2.45, 2.75) is 18.9 Å². The maximum atomic E-state index is 12.0. The van der Waals surface area contributed by atoms with Gasteiger partial charge in [0, 0.05) is 31.6 Å². The number of hydrogen-bond acceptors (Lipinski definition) is 8. The number of nitrogen functional groups attached to an aromatic ring is 1. The molecule has 0 spiro atoms. The largest absolute Gasteiger partial charge is 0.491 e. The van der Waals surface area contributed by atoms with E-state index < -0.39 is 0 Å². The second kappa shape index (κ2) is 9.65. The predicted molar refractivity (Wildman–Crippen MR) is 122 cm³/mol. The highest BCUT2D eigenvalue weighted by atomic mass is 16.5. The van der Waals surface area contributed by atoms with Crippen LogP contribution in [0.4, 0.5) is 11.6 Å². The molecule has 32 heavy (non-hydrogen) atoms. The Balaban J connectivity index is 1.61. The summed E-state index contributed by atoms with van der Waals surface area (Å²) in [7, 11) is 1.64. The highest BCUT2D eigenvalue weighted by Gasteiger charge is 2.24. The van der Waals surface area contributed by atoms with Crippen LogP contribution in [0, 0.1) is 0 Å². The minimum absolute atomic E-state index is 0.0308. The van der Waals surface area contributed by atoms with E-state index in [1.54, 1.807) is 22.9 Å². The van der Waals surface area contributed by atoms with Crippen LogP contribution in [-0.4, -0.2) is 70.0 Å². The number of nitrogens with zero attached hydrogens (tertiary/aromatic N) is 5. The fourth-order valence-electron chi connectivity index (χ4n) is 3.85. The Hall–Kier alpha value is -3.66. The summed E-state index contributed by atoms with van der Waals surface area (Å²) in [5.41, 5.74) is 7.67. The van der Waals surface area contributed by atoms with E-state index in [9.17, 15) is 4.79 Å². The number of carbonyl (C=O) groups is 1. The molecular weight excluding hydrogens is 410 g/mol. The van der Waals surface area contributed by atoms with E-state index in [-0.39, 0.29) is 11.9 Å². The standard InChI is InChI=1S/C22H27N7O3/c1-3-19(30)28-8-4-5-16(13-28)27-22-20(21(23)24-14-25-22)29-18-7-6-17(32-10-9-31-2)11-15(18)12-26-29/h3,6-7,11-12,14,16H,1,4-5,8-10,13H2,2H3,(H3,23,24,25,27)/t16-/m1/s1. The third kappa shape index (κ3) is 4.50. The van der Waals surface area contributed by atoms with E-state index in [0.717, 1.165) is 36.0 Å². The van der Waals surface area contributed by atoms with E-state index in [0.29, 0.717) is 37.1 Å². The first-order valence-electron chi connectivity index (χ1n) is 10.5. The summed E-state index contributed by atoms with van der Waals surface area (Å²) in [5, 5.41) is 8.87. The van der Waals surface area contributed by atoms with E-state index in [4.69, 9.17) is 15.2 Å². The highest BCUT2D eigenvalue weighted by Crippen LogP contribution is 2.29. The second-order valence-electron chi connectivity index (χ2n) is 7.55. The number of nitrogens with one attached hydrogen (secondary N) is 1. The first-order chi connectivity index (χ1) is 15.6. The number of amides is 1. The van der Waals surface area contributed by atoms with Gasteiger partial charge in [-0.2, -0.15) is 5.10 Å². The number of fused-ring (bicyclic) bond motifs is 1. The van der Waals surface area contributed by atoms with Gasteiger partial charge in [0.15, 0.2) is 11.6 Å². The Morgan fingerprint density at radius 2 is 2.25 bits per heavy atom. The lowest BCUT2D eigenvalue weighted by Gasteiger charge is -2.33. The minimum atomic E-state index is -0.0690. The first-order valence-corrected chi connectivity index (χ1v) is 10.5. The lowest BCUT2D eigenvalue weighted by molar-refractivity contribution is -0.127. The molecule has 168 valence electrons. The van der Waals surface area contributed by atoms with Crippen molar-refractivity contribution in [3.8, 4) is 11.4 Å². The Bertz CT molecular complexity index is 1110. The molecule has 1 amide bonds. The number of anilines is 2. The summed E-state index contributed by atoms with van der Waals surface area (Å²) in [4.78, 5) is 22.4.